The van der Waals surface area contributed by atoms with Crippen molar-refractivity contribution in [2.24, 2.45) is 0 Å². The molecule has 1 aromatic heterocycles. The molecule has 0 radical (unpaired) electrons. The van der Waals surface area contributed by atoms with Crippen molar-refractivity contribution >= 4 is 11.8 Å². The smallest absolute Gasteiger partial charge is 0.224 e. The fraction of sp³-hybridized carbons (Fsp3) is 0.733. The Bertz CT molecular complexity index is 415. The van der Waals surface area contributed by atoms with Gasteiger partial charge in [0, 0.05) is 30.9 Å². The maximum atomic E-state index is 4.53. The number of piperidine rings is 1. The lowest BCUT2D eigenvalue weighted by Gasteiger charge is -2.32. The molecule has 0 aliphatic carbocycles. The number of nitrogens with zero attached hydrogens (tertiary/aromatic N) is 3. The zero-order valence-corrected chi connectivity index (χ0v) is 12.9. The summed E-state index contributed by atoms with van der Waals surface area (Å²) in [5.74, 6) is 1.64. The predicted molar refractivity (Wildman–Crippen MR) is 84.3 cm³/mol. The second-order valence-corrected chi connectivity index (χ2v) is 5.58. The van der Waals surface area contributed by atoms with Crippen LogP contribution in [0.1, 0.15) is 38.7 Å². The number of nitrogens with one attached hydrogen (secondary N) is 2. The second kappa shape index (κ2) is 7.43. The molecule has 1 aliphatic heterocycles. The molecule has 1 aromatic rings. The van der Waals surface area contributed by atoms with Crippen LogP contribution in [0.4, 0.5) is 11.8 Å². The average molecular weight is 277 g/mol. The van der Waals surface area contributed by atoms with Crippen molar-refractivity contribution in [2.75, 3.05) is 36.8 Å². The van der Waals surface area contributed by atoms with Gasteiger partial charge < -0.3 is 10.6 Å². The first-order chi connectivity index (χ1) is 9.70. The maximum Gasteiger partial charge on any atom is 0.224 e. The zero-order valence-electron chi connectivity index (χ0n) is 12.9. The number of hydrogen-bond donors (Lipinski definition) is 2. The molecule has 20 heavy (non-hydrogen) atoms. The number of rotatable bonds is 6. The lowest BCUT2D eigenvalue weighted by atomic mass is 10.1. The Labute approximate surface area is 122 Å². The molecule has 5 nitrogen and oxygen atoms in total. The molecule has 0 saturated carbocycles. The molecular formula is C15H27N5. The van der Waals surface area contributed by atoms with Gasteiger partial charge in [-0.1, -0.05) is 6.42 Å². The van der Waals surface area contributed by atoms with E-state index in [2.05, 4.69) is 39.3 Å². The summed E-state index contributed by atoms with van der Waals surface area (Å²) >= 11 is 0. The van der Waals surface area contributed by atoms with E-state index in [4.69, 9.17) is 0 Å². The van der Waals surface area contributed by atoms with Gasteiger partial charge in [0.2, 0.25) is 5.95 Å². The Morgan fingerprint density at radius 3 is 2.70 bits per heavy atom. The second-order valence-electron chi connectivity index (χ2n) is 5.58. The summed E-state index contributed by atoms with van der Waals surface area (Å²) in [6.45, 7) is 10.6. The van der Waals surface area contributed by atoms with Crippen molar-refractivity contribution in [1.29, 1.82) is 0 Å². The minimum atomic E-state index is 0.548. The number of likely N-dealkylation sites (tertiary alicyclic amines) is 1. The van der Waals surface area contributed by atoms with Crippen LogP contribution in [0.2, 0.25) is 0 Å². The third kappa shape index (κ3) is 4.07. The van der Waals surface area contributed by atoms with E-state index < -0.39 is 0 Å². The molecule has 2 N–H and O–H groups in total. The number of hydrogen-bond acceptors (Lipinski definition) is 5. The van der Waals surface area contributed by atoms with Gasteiger partial charge in [0.15, 0.2) is 0 Å². The number of aryl methyl sites for hydroxylation is 1. The Hall–Kier alpha value is -1.36. The van der Waals surface area contributed by atoms with Crippen molar-refractivity contribution < 1.29 is 0 Å². The molecule has 0 amide bonds. The lowest BCUT2D eigenvalue weighted by Crippen LogP contribution is -2.41. The Kier molecular flexibility index (Phi) is 5.59. The minimum absolute atomic E-state index is 0.548. The van der Waals surface area contributed by atoms with Crippen LogP contribution < -0.4 is 10.6 Å². The molecule has 0 spiro atoms. The van der Waals surface area contributed by atoms with Gasteiger partial charge in [0.25, 0.3) is 0 Å². The summed E-state index contributed by atoms with van der Waals surface area (Å²) in [5.41, 5.74) is 1.09. The predicted octanol–water partition coefficient (Wildman–Crippen LogP) is 2.50. The van der Waals surface area contributed by atoms with Gasteiger partial charge in [0.1, 0.15) is 5.82 Å². The maximum absolute atomic E-state index is 4.53. The average Bonchev–Trinajstić information content (AvgIpc) is 2.48. The van der Waals surface area contributed by atoms with Crippen LogP contribution in [0.3, 0.4) is 0 Å². The van der Waals surface area contributed by atoms with E-state index in [1.54, 1.807) is 0 Å². The lowest BCUT2D eigenvalue weighted by molar-refractivity contribution is 0.180. The van der Waals surface area contributed by atoms with Crippen LogP contribution in [0.25, 0.3) is 0 Å². The molecular weight excluding hydrogens is 250 g/mol. The van der Waals surface area contributed by atoms with Gasteiger partial charge in [-0.25, -0.2) is 4.98 Å². The quantitative estimate of drug-likeness (QED) is 0.837. The molecule has 0 aromatic carbocycles. The summed E-state index contributed by atoms with van der Waals surface area (Å²) in [6.07, 6.45) is 5.93. The standard InChI is InChI=1S/C15H27N5/c1-4-16-15-18-10-12(2)14(19-15)17-11-13(3)20-8-6-5-7-9-20/h10,13H,4-9,11H2,1-3H3,(H2,16,17,18,19). The fourth-order valence-corrected chi connectivity index (χ4v) is 2.60. The van der Waals surface area contributed by atoms with E-state index in [0.717, 1.165) is 24.5 Å². The topological polar surface area (TPSA) is 53.1 Å². The normalized spacial score (nSPS) is 17.8. The highest BCUT2D eigenvalue weighted by molar-refractivity contribution is 5.46. The zero-order chi connectivity index (χ0) is 14.4. The molecule has 112 valence electrons. The van der Waals surface area contributed by atoms with Crippen molar-refractivity contribution in [3.63, 3.8) is 0 Å². The van der Waals surface area contributed by atoms with Crippen LogP contribution in [0, 0.1) is 6.92 Å². The van der Waals surface area contributed by atoms with E-state index >= 15 is 0 Å². The largest absolute Gasteiger partial charge is 0.368 e. The van der Waals surface area contributed by atoms with E-state index in [0.29, 0.717) is 12.0 Å². The summed E-state index contributed by atoms with van der Waals surface area (Å²) in [5, 5.41) is 6.63. The van der Waals surface area contributed by atoms with Gasteiger partial charge in [-0.3, -0.25) is 4.90 Å². The number of anilines is 2. The highest BCUT2D eigenvalue weighted by Crippen LogP contribution is 2.15. The first-order valence-electron chi connectivity index (χ1n) is 7.76. The van der Waals surface area contributed by atoms with Gasteiger partial charge in [-0.2, -0.15) is 4.98 Å². The van der Waals surface area contributed by atoms with Crippen LogP contribution in [0.15, 0.2) is 6.20 Å². The third-order valence-corrected chi connectivity index (χ3v) is 3.89. The Balaban J connectivity index is 1.90. The SMILES string of the molecule is CCNc1ncc(C)c(NCC(C)N2CCCCC2)n1. The van der Waals surface area contributed by atoms with Gasteiger partial charge in [0.05, 0.1) is 0 Å². The fourth-order valence-electron chi connectivity index (χ4n) is 2.60. The van der Waals surface area contributed by atoms with Crippen molar-refractivity contribution in [1.82, 2.24) is 14.9 Å². The Morgan fingerprint density at radius 1 is 1.25 bits per heavy atom. The first kappa shape index (κ1) is 15.0. The molecule has 0 bridgehead atoms. The summed E-state index contributed by atoms with van der Waals surface area (Å²) in [6, 6.07) is 0.548. The molecule has 5 heteroatoms. The van der Waals surface area contributed by atoms with Crippen LogP contribution in [-0.2, 0) is 0 Å². The highest BCUT2D eigenvalue weighted by Gasteiger charge is 2.16. The van der Waals surface area contributed by atoms with E-state index in [9.17, 15) is 0 Å². The third-order valence-electron chi connectivity index (χ3n) is 3.89. The van der Waals surface area contributed by atoms with Gasteiger partial charge in [-0.15, -0.1) is 0 Å². The summed E-state index contributed by atoms with van der Waals surface area (Å²) in [7, 11) is 0. The molecule has 1 unspecified atom stereocenters. The monoisotopic (exact) mass is 277 g/mol. The van der Waals surface area contributed by atoms with E-state index in [1.807, 2.05) is 13.1 Å². The van der Waals surface area contributed by atoms with E-state index in [-0.39, 0.29) is 0 Å². The minimum Gasteiger partial charge on any atom is -0.368 e. The summed E-state index contributed by atoms with van der Waals surface area (Å²) in [4.78, 5) is 11.4. The van der Waals surface area contributed by atoms with Crippen molar-refractivity contribution in [3.05, 3.63) is 11.8 Å². The molecule has 1 atom stereocenters. The van der Waals surface area contributed by atoms with Gasteiger partial charge in [-0.05, 0) is 46.7 Å². The summed E-state index contributed by atoms with van der Waals surface area (Å²) < 4.78 is 0. The van der Waals surface area contributed by atoms with Crippen LogP contribution in [-0.4, -0.2) is 47.1 Å². The van der Waals surface area contributed by atoms with Crippen molar-refractivity contribution in [2.45, 2.75) is 46.1 Å². The molecule has 1 aliphatic rings. The molecule has 2 rings (SSSR count). The van der Waals surface area contributed by atoms with Crippen molar-refractivity contribution in [3.8, 4) is 0 Å². The molecule has 1 saturated heterocycles. The van der Waals surface area contributed by atoms with Crippen LogP contribution >= 0.6 is 0 Å². The van der Waals surface area contributed by atoms with Crippen LogP contribution in [0.5, 0.6) is 0 Å². The highest BCUT2D eigenvalue weighted by atomic mass is 15.2. The van der Waals surface area contributed by atoms with Gasteiger partial charge >= 0.3 is 0 Å². The van der Waals surface area contributed by atoms with E-state index in [1.165, 1.54) is 32.4 Å². The molecule has 2 heterocycles. The number of aromatic nitrogens is 2. The molecule has 1 fully saturated rings. The Morgan fingerprint density at radius 2 is 2.00 bits per heavy atom. The first-order valence-corrected chi connectivity index (χ1v) is 7.76.